The molecule has 0 amide bonds. The van der Waals surface area contributed by atoms with Crippen LogP contribution in [0.15, 0.2) is 138 Å². The van der Waals surface area contributed by atoms with Crippen LogP contribution >= 0.6 is 0 Å². The predicted octanol–water partition coefficient (Wildman–Crippen LogP) is 13.6. The van der Waals surface area contributed by atoms with E-state index in [1.165, 1.54) is 81.8 Å². The second kappa shape index (κ2) is 9.83. The normalized spacial score (nSPS) is 24.4. The topological polar surface area (TPSA) is 22.4 Å². The molecule has 4 saturated carbocycles. The second-order valence-corrected chi connectivity index (χ2v) is 16.4. The van der Waals surface area contributed by atoms with E-state index in [1.807, 2.05) is 6.07 Å². The number of hydrogen-bond acceptors (Lipinski definition) is 2. The fourth-order valence-corrected chi connectivity index (χ4v) is 12.5. The van der Waals surface area contributed by atoms with Gasteiger partial charge in [0.2, 0.25) is 0 Å². The summed E-state index contributed by atoms with van der Waals surface area (Å²) in [5, 5.41) is 4.67. The van der Waals surface area contributed by atoms with Crippen LogP contribution in [0.2, 0.25) is 0 Å². The van der Waals surface area contributed by atoms with Crippen molar-refractivity contribution in [1.82, 2.24) is 0 Å². The Kier molecular flexibility index (Phi) is 5.30. The average molecular weight is 669 g/mol. The molecule has 0 unspecified atom stereocenters. The smallest absolute Gasteiger partial charge is 0.136 e. The summed E-state index contributed by atoms with van der Waals surface area (Å²) in [4.78, 5) is 0. The van der Waals surface area contributed by atoms with Crippen LogP contribution in [0.4, 0.5) is 0 Å². The number of hydrogen-bond donors (Lipinski definition) is 0. The first-order valence-electron chi connectivity index (χ1n) is 19.3. The summed E-state index contributed by atoms with van der Waals surface area (Å²) in [6.45, 7) is 0. The largest absolute Gasteiger partial charge is 0.456 e. The molecule has 4 fully saturated rings. The van der Waals surface area contributed by atoms with E-state index in [0.29, 0.717) is 0 Å². The van der Waals surface area contributed by atoms with Crippen molar-refractivity contribution in [3.05, 3.63) is 145 Å². The number of rotatable bonds is 2. The molecule has 1 spiro atoms. The maximum atomic E-state index is 6.76. The van der Waals surface area contributed by atoms with Crippen LogP contribution in [0.25, 0.3) is 77.2 Å². The summed E-state index contributed by atoms with van der Waals surface area (Å²) in [5.41, 5.74) is 15.5. The van der Waals surface area contributed by atoms with Gasteiger partial charge in [-0.2, -0.15) is 0 Å². The van der Waals surface area contributed by atoms with Crippen LogP contribution in [0, 0.1) is 23.7 Å². The van der Waals surface area contributed by atoms with Gasteiger partial charge < -0.3 is 9.15 Å². The zero-order valence-corrected chi connectivity index (χ0v) is 28.9. The fraction of sp³-hybridized carbons (Fsp3) is 0.200. The number of fused-ring (bicyclic) bond motifs is 8. The molecule has 52 heavy (non-hydrogen) atoms. The van der Waals surface area contributed by atoms with Gasteiger partial charge in [-0.1, -0.05) is 103 Å². The number of benzene rings is 7. The molecule has 6 aliphatic rings. The lowest BCUT2D eigenvalue weighted by atomic mass is 9.43. The Bertz CT molecular complexity index is 2820. The standard InChI is InChI=1S/C50H36O2/c1-3-14-41-38(8-1)47-33(10-6-15-42(47)50(41)31-23-28-22-29(25-31)26-32(50)24-28)30-18-20-44-40(27-30)37-12-5-11-35-34(19-21-46(52-44)48(35)37)36-13-7-17-45-49(36)39-9-2-4-16-43(39)51-45/h1-21,27-29,31-32H,22-26H2. The minimum absolute atomic E-state index is 0.163. The summed E-state index contributed by atoms with van der Waals surface area (Å²) in [6.07, 6.45) is 7.08. The highest BCUT2D eigenvalue weighted by Crippen LogP contribution is 2.70. The van der Waals surface area contributed by atoms with E-state index in [1.54, 1.807) is 11.1 Å². The van der Waals surface area contributed by atoms with Crippen molar-refractivity contribution in [2.24, 2.45) is 23.7 Å². The van der Waals surface area contributed by atoms with Gasteiger partial charge in [0.05, 0.1) is 0 Å². The molecule has 2 nitrogen and oxygen atoms in total. The van der Waals surface area contributed by atoms with E-state index in [4.69, 9.17) is 9.15 Å². The Morgan fingerprint density at radius 1 is 0.442 bits per heavy atom. The Morgan fingerprint density at radius 3 is 1.98 bits per heavy atom. The first kappa shape index (κ1) is 28.0. The van der Waals surface area contributed by atoms with Gasteiger partial charge in [0.1, 0.15) is 22.7 Å². The number of furan rings is 1. The van der Waals surface area contributed by atoms with Crippen molar-refractivity contribution in [3.8, 4) is 56.0 Å². The highest BCUT2D eigenvalue weighted by molar-refractivity contribution is 6.17. The van der Waals surface area contributed by atoms with Crippen molar-refractivity contribution in [2.45, 2.75) is 37.5 Å². The molecule has 1 aliphatic heterocycles. The Labute approximate surface area is 302 Å². The van der Waals surface area contributed by atoms with Gasteiger partial charge in [-0.15, -0.1) is 0 Å². The van der Waals surface area contributed by atoms with Gasteiger partial charge in [0.25, 0.3) is 0 Å². The minimum Gasteiger partial charge on any atom is -0.456 e. The van der Waals surface area contributed by atoms with Crippen molar-refractivity contribution >= 4 is 32.7 Å². The molecule has 8 aromatic rings. The van der Waals surface area contributed by atoms with Gasteiger partial charge in [0, 0.05) is 27.1 Å². The first-order valence-corrected chi connectivity index (χ1v) is 19.3. The molecule has 0 saturated heterocycles. The third kappa shape index (κ3) is 3.42. The van der Waals surface area contributed by atoms with E-state index in [-0.39, 0.29) is 5.41 Å². The lowest BCUT2D eigenvalue weighted by Gasteiger charge is -2.61. The van der Waals surface area contributed by atoms with Crippen LogP contribution in [0.5, 0.6) is 11.5 Å². The molecule has 14 rings (SSSR count). The van der Waals surface area contributed by atoms with Gasteiger partial charge >= 0.3 is 0 Å². The molecule has 7 aromatic carbocycles. The quantitative estimate of drug-likeness (QED) is 0.183. The lowest BCUT2D eigenvalue weighted by Crippen LogP contribution is -2.55. The van der Waals surface area contributed by atoms with Gasteiger partial charge in [-0.3, -0.25) is 0 Å². The maximum absolute atomic E-state index is 6.76. The third-order valence-corrected chi connectivity index (χ3v) is 14.1. The summed E-state index contributed by atoms with van der Waals surface area (Å²) in [6, 6.07) is 49.5. The molecule has 2 heteroatoms. The Morgan fingerprint density at radius 2 is 1.10 bits per heavy atom. The zero-order chi connectivity index (χ0) is 33.7. The first-order chi connectivity index (χ1) is 25.7. The van der Waals surface area contributed by atoms with E-state index >= 15 is 0 Å². The maximum Gasteiger partial charge on any atom is 0.136 e. The van der Waals surface area contributed by atoms with Gasteiger partial charge in [-0.25, -0.2) is 0 Å². The molecule has 2 heterocycles. The molecular weight excluding hydrogens is 633 g/mol. The van der Waals surface area contributed by atoms with Gasteiger partial charge in [0.15, 0.2) is 0 Å². The monoisotopic (exact) mass is 668 g/mol. The molecule has 4 bridgehead atoms. The molecule has 0 atom stereocenters. The molecule has 1 aromatic heterocycles. The molecule has 5 aliphatic carbocycles. The summed E-state index contributed by atoms with van der Waals surface area (Å²) >= 11 is 0. The van der Waals surface area contributed by atoms with Crippen LogP contribution in [0.1, 0.15) is 43.2 Å². The van der Waals surface area contributed by atoms with E-state index in [0.717, 1.165) is 62.7 Å². The highest BCUT2D eigenvalue weighted by Gasteiger charge is 2.61. The fourth-order valence-electron chi connectivity index (χ4n) is 12.5. The lowest BCUT2D eigenvalue weighted by molar-refractivity contribution is -0.0399. The average Bonchev–Trinajstić information content (AvgIpc) is 3.71. The van der Waals surface area contributed by atoms with Crippen LogP contribution < -0.4 is 4.74 Å². The third-order valence-electron chi connectivity index (χ3n) is 14.1. The van der Waals surface area contributed by atoms with E-state index in [2.05, 4.69) is 127 Å². The SMILES string of the molecule is c1ccc2c(c1)-c1c(-c3ccc4c(c3)-c3cccc5c(-c6cccc7oc8ccccc8c67)ccc(c35)O4)cccc1C21C2CC3CC(C2)CC1C3. The van der Waals surface area contributed by atoms with Crippen molar-refractivity contribution < 1.29 is 9.15 Å². The summed E-state index contributed by atoms with van der Waals surface area (Å²) in [5.74, 6) is 5.22. The van der Waals surface area contributed by atoms with E-state index < -0.39 is 0 Å². The molecule has 248 valence electrons. The second-order valence-electron chi connectivity index (χ2n) is 16.4. The minimum atomic E-state index is 0.163. The Hall–Kier alpha value is -5.60. The van der Waals surface area contributed by atoms with Crippen molar-refractivity contribution in [2.75, 3.05) is 0 Å². The number of para-hydroxylation sites is 1. The zero-order valence-electron chi connectivity index (χ0n) is 28.9. The summed E-state index contributed by atoms with van der Waals surface area (Å²) in [7, 11) is 0. The van der Waals surface area contributed by atoms with Crippen LogP contribution in [-0.2, 0) is 5.41 Å². The van der Waals surface area contributed by atoms with Crippen LogP contribution in [-0.4, -0.2) is 0 Å². The van der Waals surface area contributed by atoms with Crippen molar-refractivity contribution in [3.63, 3.8) is 0 Å². The molecular formula is C50H36O2. The van der Waals surface area contributed by atoms with Crippen molar-refractivity contribution in [1.29, 1.82) is 0 Å². The highest BCUT2D eigenvalue weighted by atomic mass is 16.5. The van der Waals surface area contributed by atoms with Crippen LogP contribution in [0.3, 0.4) is 0 Å². The summed E-state index contributed by atoms with van der Waals surface area (Å²) < 4.78 is 13.1. The van der Waals surface area contributed by atoms with E-state index in [9.17, 15) is 0 Å². The molecule has 0 radical (unpaired) electrons. The predicted molar refractivity (Wildman–Crippen MR) is 211 cm³/mol. The number of ether oxygens (including phenoxy) is 1. The molecule has 0 N–H and O–H groups in total. The van der Waals surface area contributed by atoms with Gasteiger partial charge in [-0.05, 0) is 142 Å². The Balaban J connectivity index is 1.00.